The lowest BCUT2D eigenvalue weighted by atomic mass is 10.3. The topological polar surface area (TPSA) is 64.1 Å². The molecule has 5 nitrogen and oxygen atoms in total. The van der Waals surface area contributed by atoms with Crippen LogP contribution < -0.4 is 10.1 Å². The third-order valence-corrected chi connectivity index (χ3v) is 3.64. The Morgan fingerprint density at radius 3 is 2.73 bits per heavy atom. The van der Waals surface area contributed by atoms with Gasteiger partial charge in [0.25, 0.3) is 5.91 Å². The van der Waals surface area contributed by atoms with Crippen molar-refractivity contribution in [2.24, 2.45) is 0 Å². The number of rotatable bonds is 1. The van der Waals surface area contributed by atoms with Gasteiger partial charge in [-0.05, 0) is 0 Å². The molecule has 8 heteroatoms. The van der Waals surface area contributed by atoms with E-state index < -0.39 is 3.23 Å². The van der Waals surface area contributed by atoms with Crippen LogP contribution >= 0.6 is 43.5 Å². The van der Waals surface area contributed by atoms with Crippen LogP contribution in [-0.2, 0) is 8.03 Å². The highest BCUT2D eigenvalue weighted by molar-refractivity contribution is 9.25. The van der Waals surface area contributed by atoms with E-state index in [-0.39, 0.29) is 17.1 Å². The van der Waals surface area contributed by atoms with Crippen LogP contribution in [0.25, 0.3) is 0 Å². The van der Waals surface area contributed by atoms with Crippen molar-refractivity contribution in [1.82, 2.24) is 9.97 Å². The molecule has 0 unspecified atom stereocenters. The van der Waals surface area contributed by atoms with Crippen molar-refractivity contribution in [2.45, 2.75) is 3.23 Å². The summed E-state index contributed by atoms with van der Waals surface area (Å²) in [6.45, 7) is 0. The van der Waals surface area contributed by atoms with E-state index in [2.05, 4.69) is 47.1 Å². The second-order valence-electron chi connectivity index (χ2n) is 2.75. The second kappa shape index (κ2) is 3.57. The average molecular weight is 357 g/mol. The minimum absolute atomic E-state index is 0.108. The minimum atomic E-state index is -1.07. The fraction of sp³-hybridized carbons (Fsp3) is 0.286. The van der Waals surface area contributed by atoms with Crippen LogP contribution in [0.4, 0.5) is 5.82 Å². The van der Waals surface area contributed by atoms with Gasteiger partial charge in [-0.15, -0.1) is 0 Å². The SMILES string of the molecule is COc1nc(Cl)c2c(n1)NC(=O)C2(Br)Br. The molecule has 2 rings (SSSR count). The normalized spacial score (nSPS) is 17.2. The Balaban J connectivity index is 2.65. The molecule has 0 radical (unpaired) electrons. The summed E-state index contributed by atoms with van der Waals surface area (Å²) < 4.78 is 3.76. The van der Waals surface area contributed by atoms with E-state index in [4.69, 9.17) is 16.3 Å². The lowest BCUT2D eigenvalue weighted by Crippen LogP contribution is -2.20. The number of carbonyl (C=O) groups is 1. The van der Waals surface area contributed by atoms with Crippen LogP contribution in [0.1, 0.15) is 5.56 Å². The number of halogens is 3. The number of nitrogens with one attached hydrogen (secondary N) is 1. The fourth-order valence-electron chi connectivity index (χ4n) is 1.17. The molecule has 1 aromatic rings. The Labute approximate surface area is 107 Å². The quantitative estimate of drug-likeness (QED) is 0.617. The zero-order valence-electron chi connectivity index (χ0n) is 7.34. The van der Waals surface area contributed by atoms with Gasteiger partial charge in [0.1, 0.15) is 11.0 Å². The van der Waals surface area contributed by atoms with Crippen LogP contribution in [0.5, 0.6) is 6.01 Å². The van der Waals surface area contributed by atoms with Gasteiger partial charge in [-0.2, -0.15) is 9.97 Å². The highest BCUT2D eigenvalue weighted by Gasteiger charge is 2.46. The van der Waals surface area contributed by atoms with E-state index in [1.54, 1.807) is 0 Å². The molecule has 1 aliphatic heterocycles. The molecule has 0 saturated carbocycles. The van der Waals surface area contributed by atoms with Gasteiger partial charge in [-0.3, -0.25) is 4.79 Å². The summed E-state index contributed by atoms with van der Waals surface area (Å²) >= 11 is 12.3. The number of aromatic nitrogens is 2. The lowest BCUT2D eigenvalue weighted by Gasteiger charge is -2.11. The van der Waals surface area contributed by atoms with E-state index in [1.165, 1.54) is 7.11 Å². The number of ether oxygens (including phenoxy) is 1. The molecule has 1 aliphatic rings. The molecule has 0 aliphatic carbocycles. The van der Waals surface area contributed by atoms with Gasteiger partial charge in [0, 0.05) is 0 Å². The van der Waals surface area contributed by atoms with Gasteiger partial charge in [0.05, 0.1) is 12.7 Å². The summed E-state index contributed by atoms with van der Waals surface area (Å²) in [5.41, 5.74) is 0.454. The molecule has 1 amide bonds. The largest absolute Gasteiger partial charge is 0.467 e. The molecule has 0 atom stereocenters. The summed E-state index contributed by atoms with van der Waals surface area (Å²) in [7, 11) is 1.42. The summed E-state index contributed by atoms with van der Waals surface area (Å²) in [6.07, 6.45) is 0. The highest BCUT2D eigenvalue weighted by Crippen LogP contribution is 2.49. The Kier molecular flexibility index (Phi) is 2.64. The Morgan fingerprint density at radius 2 is 2.13 bits per heavy atom. The summed E-state index contributed by atoms with van der Waals surface area (Å²) in [5, 5.41) is 2.71. The van der Waals surface area contributed by atoms with E-state index >= 15 is 0 Å². The van der Waals surface area contributed by atoms with Crippen molar-refractivity contribution in [1.29, 1.82) is 0 Å². The highest BCUT2D eigenvalue weighted by atomic mass is 79.9. The van der Waals surface area contributed by atoms with Crippen LogP contribution in [0.3, 0.4) is 0 Å². The van der Waals surface area contributed by atoms with Gasteiger partial charge in [0.15, 0.2) is 3.23 Å². The van der Waals surface area contributed by atoms with Crippen LogP contribution in [0.15, 0.2) is 0 Å². The van der Waals surface area contributed by atoms with E-state index in [0.717, 1.165) is 0 Å². The number of carbonyl (C=O) groups excluding carboxylic acids is 1. The zero-order valence-corrected chi connectivity index (χ0v) is 11.3. The number of methoxy groups -OCH3 is 1. The Morgan fingerprint density at radius 1 is 1.47 bits per heavy atom. The summed E-state index contributed by atoms with van der Waals surface area (Å²) in [5.74, 6) is 0.0348. The molecule has 0 bridgehead atoms. The number of amides is 1. The summed E-state index contributed by atoms with van der Waals surface area (Å²) in [4.78, 5) is 19.4. The van der Waals surface area contributed by atoms with Crippen LogP contribution in [0.2, 0.25) is 5.15 Å². The molecular formula is C7H4Br2ClN3O2. The van der Waals surface area contributed by atoms with Gasteiger partial charge < -0.3 is 10.1 Å². The average Bonchev–Trinajstić information content (AvgIpc) is 2.37. The maximum atomic E-state index is 11.5. The van der Waals surface area contributed by atoms with Crippen LogP contribution in [-0.4, -0.2) is 23.0 Å². The fourth-order valence-corrected chi connectivity index (χ4v) is 2.65. The number of alkyl halides is 2. The molecule has 80 valence electrons. The molecule has 0 fully saturated rings. The zero-order chi connectivity index (χ0) is 11.2. The first-order chi connectivity index (χ1) is 6.96. The van der Waals surface area contributed by atoms with Gasteiger partial charge in [-0.25, -0.2) is 0 Å². The van der Waals surface area contributed by atoms with Gasteiger partial charge in [0.2, 0.25) is 0 Å². The van der Waals surface area contributed by atoms with Crippen molar-refractivity contribution in [3.8, 4) is 6.01 Å². The number of anilines is 1. The third-order valence-electron chi connectivity index (χ3n) is 1.86. The predicted molar refractivity (Wildman–Crippen MR) is 61.8 cm³/mol. The molecule has 1 N–H and O–H groups in total. The van der Waals surface area contributed by atoms with Crippen molar-refractivity contribution in [3.63, 3.8) is 0 Å². The van der Waals surface area contributed by atoms with Crippen molar-refractivity contribution in [2.75, 3.05) is 12.4 Å². The first kappa shape index (κ1) is 11.1. The number of hydrogen-bond donors (Lipinski definition) is 1. The Bertz CT molecular complexity index is 452. The standard InChI is InChI=1S/C7H4Br2ClN3O2/c1-15-6-11-3(10)2-4(13-6)12-5(14)7(2,8)9/h1H3,(H,11,12,13,14). The first-order valence-electron chi connectivity index (χ1n) is 3.78. The van der Waals surface area contributed by atoms with Gasteiger partial charge in [-0.1, -0.05) is 43.5 Å². The van der Waals surface area contributed by atoms with Crippen molar-refractivity contribution >= 4 is 55.2 Å². The van der Waals surface area contributed by atoms with Gasteiger partial charge >= 0.3 is 6.01 Å². The molecule has 15 heavy (non-hydrogen) atoms. The molecule has 0 saturated heterocycles. The molecule has 1 aromatic heterocycles. The van der Waals surface area contributed by atoms with Crippen molar-refractivity contribution < 1.29 is 9.53 Å². The number of fused-ring (bicyclic) bond motifs is 1. The van der Waals surface area contributed by atoms with Crippen molar-refractivity contribution in [3.05, 3.63) is 10.7 Å². The second-order valence-corrected chi connectivity index (χ2v) is 6.55. The van der Waals surface area contributed by atoms with E-state index in [1.807, 2.05) is 0 Å². The van der Waals surface area contributed by atoms with E-state index in [9.17, 15) is 4.79 Å². The summed E-state index contributed by atoms with van der Waals surface area (Å²) in [6, 6.07) is 0.108. The lowest BCUT2D eigenvalue weighted by molar-refractivity contribution is -0.115. The predicted octanol–water partition coefficient (Wildman–Crippen LogP) is 2.03. The molecule has 0 spiro atoms. The first-order valence-corrected chi connectivity index (χ1v) is 5.74. The van der Waals surface area contributed by atoms with Crippen LogP contribution in [0, 0.1) is 0 Å². The Hall–Kier alpha value is -0.400. The smallest absolute Gasteiger partial charge is 0.319 e. The number of nitrogens with zero attached hydrogens (tertiary/aromatic N) is 2. The monoisotopic (exact) mass is 355 g/mol. The molecule has 2 heterocycles. The molecule has 0 aromatic carbocycles. The van der Waals surface area contributed by atoms with E-state index in [0.29, 0.717) is 11.4 Å². The molecular weight excluding hydrogens is 353 g/mol. The third kappa shape index (κ3) is 1.62. The maximum Gasteiger partial charge on any atom is 0.319 e. The number of hydrogen-bond acceptors (Lipinski definition) is 4. The maximum absolute atomic E-state index is 11.5. The minimum Gasteiger partial charge on any atom is -0.467 e.